The van der Waals surface area contributed by atoms with Gasteiger partial charge in [0, 0.05) is 32.6 Å². The zero-order chi connectivity index (χ0) is 16.4. The maximum absolute atomic E-state index is 12.4. The normalized spacial score (nSPS) is 25.5. The summed E-state index contributed by atoms with van der Waals surface area (Å²) in [4.78, 5) is 28.3. The monoisotopic (exact) mass is 316 g/mol. The maximum Gasteiger partial charge on any atom is 0.323 e. The lowest BCUT2D eigenvalue weighted by atomic mass is 10.1. The molecule has 2 aliphatic rings. The van der Waals surface area contributed by atoms with E-state index in [-0.39, 0.29) is 24.0 Å². The first-order valence-electron chi connectivity index (χ1n) is 8.31. The molecule has 0 spiro atoms. The lowest BCUT2D eigenvalue weighted by molar-refractivity contribution is -0.145. The molecule has 23 heavy (non-hydrogen) atoms. The van der Waals surface area contributed by atoms with Crippen molar-refractivity contribution in [2.45, 2.75) is 38.8 Å². The molecule has 0 radical (unpaired) electrons. The summed E-state index contributed by atoms with van der Waals surface area (Å²) in [7, 11) is 0. The highest BCUT2D eigenvalue weighted by atomic mass is 16.6. The molecule has 5 heteroatoms. The molecule has 0 N–H and O–H groups in total. The second-order valence-corrected chi connectivity index (χ2v) is 6.58. The summed E-state index contributed by atoms with van der Waals surface area (Å²) in [6, 6.07) is 7.97. The molecule has 1 aromatic rings. The van der Waals surface area contributed by atoms with Gasteiger partial charge in [0.2, 0.25) is 5.91 Å². The molecule has 124 valence electrons. The van der Waals surface area contributed by atoms with E-state index in [2.05, 4.69) is 4.90 Å². The number of carbonyl (C=O) groups is 2. The number of cyclic esters (lactones) is 1. The van der Waals surface area contributed by atoms with Crippen LogP contribution in [0.5, 0.6) is 0 Å². The number of rotatable bonds is 3. The fourth-order valence-corrected chi connectivity index (χ4v) is 3.31. The highest BCUT2D eigenvalue weighted by Crippen LogP contribution is 2.21. The van der Waals surface area contributed by atoms with E-state index in [0.29, 0.717) is 19.5 Å². The van der Waals surface area contributed by atoms with Gasteiger partial charge in [-0.05, 0) is 19.4 Å². The highest BCUT2D eigenvalue weighted by molar-refractivity contribution is 5.79. The van der Waals surface area contributed by atoms with E-state index in [4.69, 9.17) is 4.74 Å². The average Bonchev–Trinajstić information content (AvgIpc) is 2.88. The van der Waals surface area contributed by atoms with Crippen LogP contribution in [0.15, 0.2) is 24.3 Å². The van der Waals surface area contributed by atoms with E-state index in [1.165, 1.54) is 5.56 Å². The van der Waals surface area contributed by atoms with Gasteiger partial charge in [-0.15, -0.1) is 0 Å². The van der Waals surface area contributed by atoms with Gasteiger partial charge in [-0.3, -0.25) is 14.5 Å². The van der Waals surface area contributed by atoms with Crippen molar-refractivity contribution in [1.82, 2.24) is 9.80 Å². The predicted molar refractivity (Wildman–Crippen MR) is 87.0 cm³/mol. The molecule has 5 nitrogen and oxygen atoms in total. The molecule has 0 aliphatic carbocycles. The Morgan fingerprint density at radius 1 is 1.17 bits per heavy atom. The van der Waals surface area contributed by atoms with Crippen molar-refractivity contribution < 1.29 is 14.3 Å². The number of esters is 1. The second kappa shape index (κ2) is 6.71. The quantitative estimate of drug-likeness (QED) is 0.791. The van der Waals surface area contributed by atoms with Crippen LogP contribution in [0.25, 0.3) is 0 Å². The van der Waals surface area contributed by atoms with Gasteiger partial charge in [-0.1, -0.05) is 29.8 Å². The van der Waals surface area contributed by atoms with Gasteiger partial charge >= 0.3 is 5.97 Å². The van der Waals surface area contributed by atoms with Crippen molar-refractivity contribution in [1.29, 1.82) is 0 Å². The fraction of sp³-hybridized carbons (Fsp3) is 0.556. The summed E-state index contributed by atoms with van der Waals surface area (Å²) < 4.78 is 5.23. The molecule has 2 saturated heterocycles. The van der Waals surface area contributed by atoms with Gasteiger partial charge in [0.05, 0.1) is 6.42 Å². The van der Waals surface area contributed by atoms with E-state index >= 15 is 0 Å². The minimum Gasteiger partial charge on any atom is -0.461 e. The van der Waals surface area contributed by atoms with Crippen LogP contribution >= 0.6 is 0 Å². The number of hydrogen-bond donors (Lipinski definition) is 0. The van der Waals surface area contributed by atoms with Crippen molar-refractivity contribution in [3.8, 4) is 0 Å². The van der Waals surface area contributed by atoms with E-state index in [0.717, 1.165) is 25.1 Å². The second-order valence-electron chi connectivity index (χ2n) is 6.58. The summed E-state index contributed by atoms with van der Waals surface area (Å²) >= 11 is 0. The molecule has 2 atom stereocenters. The molecule has 0 bridgehead atoms. The van der Waals surface area contributed by atoms with Crippen LogP contribution in [0.4, 0.5) is 0 Å². The number of benzene rings is 1. The van der Waals surface area contributed by atoms with Crippen LogP contribution in [0.3, 0.4) is 0 Å². The third kappa shape index (κ3) is 3.72. The first kappa shape index (κ1) is 16.0. The van der Waals surface area contributed by atoms with E-state index in [1.807, 2.05) is 43.0 Å². The smallest absolute Gasteiger partial charge is 0.323 e. The molecule has 1 aromatic carbocycles. The van der Waals surface area contributed by atoms with Crippen molar-refractivity contribution in [2.75, 3.05) is 26.2 Å². The number of ether oxygens (including phenoxy) is 1. The Balaban J connectivity index is 1.51. The molecule has 2 heterocycles. The summed E-state index contributed by atoms with van der Waals surface area (Å²) in [5.41, 5.74) is 2.25. The highest BCUT2D eigenvalue weighted by Gasteiger charge is 2.38. The van der Waals surface area contributed by atoms with Crippen LogP contribution < -0.4 is 0 Å². The number of carbonyl (C=O) groups excluding carboxylic acids is 2. The van der Waals surface area contributed by atoms with Gasteiger partial charge in [0.25, 0.3) is 0 Å². The minimum atomic E-state index is -0.126. The standard InChI is InChI=1S/C18H24N2O3/c1-13-3-5-15(6-4-13)12-17(21)20-9-7-19(8-10-20)16-11-14(2)23-18(16)22/h3-6,14,16H,7-12H2,1-2H3/t14-,16-/m1/s1. The fourth-order valence-electron chi connectivity index (χ4n) is 3.31. The van der Waals surface area contributed by atoms with E-state index < -0.39 is 0 Å². The molecule has 2 fully saturated rings. The Morgan fingerprint density at radius 3 is 2.39 bits per heavy atom. The SMILES string of the molecule is Cc1ccc(CC(=O)N2CCN([C@@H]3C[C@@H](C)OC3=O)CC2)cc1. The lowest BCUT2D eigenvalue weighted by Crippen LogP contribution is -2.53. The zero-order valence-electron chi connectivity index (χ0n) is 13.8. The summed E-state index contributed by atoms with van der Waals surface area (Å²) in [6.07, 6.45) is 1.22. The van der Waals surface area contributed by atoms with Crippen molar-refractivity contribution in [3.63, 3.8) is 0 Å². The van der Waals surface area contributed by atoms with Gasteiger partial charge in [-0.25, -0.2) is 0 Å². The topological polar surface area (TPSA) is 49.9 Å². The molecular weight excluding hydrogens is 292 g/mol. The summed E-state index contributed by atoms with van der Waals surface area (Å²) in [5.74, 6) is 0.0489. The maximum atomic E-state index is 12.4. The van der Waals surface area contributed by atoms with Crippen LogP contribution in [0, 0.1) is 6.92 Å². The Morgan fingerprint density at radius 2 is 1.83 bits per heavy atom. The van der Waals surface area contributed by atoms with Crippen LogP contribution in [0.2, 0.25) is 0 Å². The number of aryl methyl sites for hydroxylation is 1. The molecule has 3 rings (SSSR count). The van der Waals surface area contributed by atoms with Crippen LogP contribution in [0.1, 0.15) is 24.5 Å². The number of hydrogen-bond acceptors (Lipinski definition) is 4. The Hall–Kier alpha value is -1.88. The molecule has 0 saturated carbocycles. The molecule has 0 aromatic heterocycles. The van der Waals surface area contributed by atoms with Crippen LogP contribution in [-0.4, -0.2) is 60.0 Å². The largest absolute Gasteiger partial charge is 0.461 e. The van der Waals surface area contributed by atoms with Crippen LogP contribution in [-0.2, 0) is 20.7 Å². The van der Waals surface area contributed by atoms with Crippen molar-refractivity contribution in [3.05, 3.63) is 35.4 Å². The Bertz CT molecular complexity index is 576. The molecule has 0 unspecified atom stereocenters. The van der Waals surface area contributed by atoms with Crippen molar-refractivity contribution >= 4 is 11.9 Å². The first-order valence-corrected chi connectivity index (χ1v) is 8.31. The molecule has 1 amide bonds. The minimum absolute atomic E-state index is 0.00805. The number of nitrogens with zero attached hydrogens (tertiary/aromatic N) is 2. The third-order valence-corrected chi connectivity index (χ3v) is 4.73. The molecule has 2 aliphatic heterocycles. The first-order chi connectivity index (χ1) is 11.0. The zero-order valence-corrected chi connectivity index (χ0v) is 13.8. The summed E-state index contributed by atoms with van der Waals surface area (Å²) in [5, 5.41) is 0. The predicted octanol–water partition coefficient (Wildman–Crippen LogP) is 1.39. The van der Waals surface area contributed by atoms with Gasteiger partial charge in [-0.2, -0.15) is 0 Å². The van der Waals surface area contributed by atoms with Crippen molar-refractivity contribution in [2.24, 2.45) is 0 Å². The Kier molecular flexibility index (Phi) is 4.66. The number of amides is 1. The van der Waals surface area contributed by atoms with E-state index in [1.54, 1.807) is 0 Å². The van der Waals surface area contributed by atoms with Gasteiger partial charge in [0.1, 0.15) is 12.1 Å². The Labute approximate surface area is 137 Å². The van der Waals surface area contributed by atoms with E-state index in [9.17, 15) is 9.59 Å². The van der Waals surface area contributed by atoms with Gasteiger partial charge < -0.3 is 9.64 Å². The third-order valence-electron chi connectivity index (χ3n) is 4.73. The average molecular weight is 316 g/mol. The number of piperazine rings is 1. The van der Waals surface area contributed by atoms with Gasteiger partial charge in [0.15, 0.2) is 0 Å². The summed E-state index contributed by atoms with van der Waals surface area (Å²) in [6.45, 7) is 6.82. The lowest BCUT2D eigenvalue weighted by Gasteiger charge is -2.36. The molecular formula is C18H24N2O3.